The first-order chi connectivity index (χ1) is 13.7. The molecule has 29 heavy (non-hydrogen) atoms. The topological polar surface area (TPSA) is 50.8 Å². The average molecular weight is 397 g/mol. The van der Waals surface area contributed by atoms with Gasteiger partial charge in [0.05, 0.1) is 20.3 Å². The third kappa shape index (κ3) is 4.66. The Hall–Kier alpha value is -2.69. The number of fused-ring (bicyclic) bond motifs is 1. The molecule has 0 aromatic heterocycles. The minimum atomic E-state index is -0.0525. The van der Waals surface area contributed by atoms with E-state index in [-0.39, 0.29) is 17.5 Å². The van der Waals surface area contributed by atoms with Gasteiger partial charge in [0.25, 0.3) is 0 Å². The quantitative estimate of drug-likeness (QED) is 0.805. The summed E-state index contributed by atoms with van der Waals surface area (Å²) in [6.07, 6.45) is 0.803. The zero-order valence-electron chi connectivity index (χ0n) is 18.3. The second kappa shape index (κ2) is 8.36. The van der Waals surface area contributed by atoms with Gasteiger partial charge in [-0.25, -0.2) is 4.79 Å². The largest absolute Gasteiger partial charge is 0.493 e. The minimum absolute atomic E-state index is 0.0437. The van der Waals surface area contributed by atoms with Crippen LogP contribution in [0.4, 0.5) is 4.79 Å². The number of carbonyl (C=O) groups is 1. The summed E-state index contributed by atoms with van der Waals surface area (Å²) >= 11 is 0. The fraction of sp³-hybridized carbons (Fsp3) is 0.458. The van der Waals surface area contributed by atoms with Crippen LogP contribution in [0.2, 0.25) is 0 Å². The van der Waals surface area contributed by atoms with Gasteiger partial charge in [0.1, 0.15) is 0 Å². The van der Waals surface area contributed by atoms with Crippen molar-refractivity contribution in [2.45, 2.75) is 52.1 Å². The summed E-state index contributed by atoms with van der Waals surface area (Å²) in [6, 6.07) is 12.4. The van der Waals surface area contributed by atoms with E-state index in [9.17, 15) is 4.79 Å². The number of carbonyl (C=O) groups excluding carboxylic acids is 1. The van der Waals surface area contributed by atoms with Crippen LogP contribution in [0, 0.1) is 0 Å². The molecule has 2 aromatic carbocycles. The molecule has 0 bridgehead atoms. The maximum atomic E-state index is 12.9. The van der Waals surface area contributed by atoms with Crippen LogP contribution in [-0.2, 0) is 18.4 Å². The number of urea groups is 1. The summed E-state index contributed by atoms with van der Waals surface area (Å²) in [5.41, 5.74) is 4.83. The third-order valence-electron chi connectivity index (χ3n) is 5.62. The first-order valence-corrected chi connectivity index (χ1v) is 10.1. The van der Waals surface area contributed by atoms with Gasteiger partial charge in [-0.3, -0.25) is 0 Å². The second-order valence-electron chi connectivity index (χ2n) is 8.69. The summed E-state index contributed by atoms with van der Waals surface area (Å²) < 4.78 is 10.8. The van der Waals surface area contributed by atoms with Gasteiger partial charge in [-0.05, 0) is 53.1 Å². The maximum Gasteiger partial charge on any atom is 0.318 e. The molecule has 0 spiro atoms. The number of nitrogens with one attached hydrogen (secondary N) is 1. The number of methoxy groups -OCH3 is 2. The Morgan fingerprint density at radius 2 is 1.62 bits per heavy atom. The number of rotatable bonds is 4. The predicted molar refractivity (Wildman–Crippen MR) is 116 cm³/mol. The molecule has 2 amide bonds. The van der Waals surface area contributed by atoms with E-state index >= 15 is 0 Å². The van der Waals surface area contributed by atoms with Crippen molar-refractivity contribution in [2.75, 3.05) is 20.8 Å². The van der Waals surface area contributed by atoms with Crippen molar-refractivity contribution < 1.29 is 14.3 Å². The van der Waals surface area contributed by atoms with Gasteiger partial charge in [-0.15, -0.1) is 0 Å². The van der Waals surface area contributed by atoms with E-state index in [1.54, 1.807) is 14.2 Å². The smallest absolute Gasteiger partial charge is 0.318 e. The lowest BCUT2D eigenvalue weighted by atomic mass is 9.86. The molecule has 1 unspecified atom stereocenters. The maximum absolute atomic E-state index is 12.9. The molecule has 5 nitrogen and oxygen atoms in total. The van der Waals surface area contributed by atoms with Crippen molar-refractivity contribution in [3.05, 3.63) is 58.7 Å². The average Bonchev–Trinajstić information content (AvgIpc) is 2.71. The molecule has 0 saturated carbocycles. The molecule has 1 heterocycles. The van der Waals surface area contributed by atoms with Gasteiger partial charge in [0, 0.05) is 13.1 Å². The Kier molecular flexibility index (Phi) is 6.06. The summed E-state index contributed by atoms with van der Waals surface area (Å²) in [4.78, 5) is 14.7. The van der Waals surface area contributed by atoms with Crippen LogP contribution in [0.3, 0.4) is 0 Å². The molecule has 3 rings (SSSR count). The summed E-state index contributed by atoms with van der Waals surface area (Å²) in [5, 5.41) is 3.14. The fourth-order valence-corrected chi connectivity index (χ4v) is 3.69. The summed E-state index contributed by atoms with van der Waals surface area (Å²) in [5.74, 6) is 1.43. The molecule has 1 atom stereocenters. The monoisotopic (exact) mass is 396 g/mol. The molecule has 5 heteroatoms. The normalized spacial score (nSPS) is 14.8. The van der Waals surface area contributed by atoms with E-state index in [0.717, 1.165) is 23.3 Å². The van der Waals surface area contributed by atoms with Crippen LogP contribution >= 0.6 is 0 Å². The Morgan fingerprint density at radius 3 is 2.17 bits per heavy atom. The lowest BCUT2D eigenvalue weighted by Gasteiger charge is -2.31. The SMILES string of the molecule is COc1cc2c(cc1OC)CN(C(=O)NC(C)c1ccc(C(C)(C)C)cc1)CC2. The molecule has 1 N–H and O–H groups in total. The van der Waals surface area contributed by atoms with Crippen LogP contribution in [0.15, 0.2) is 36.4 Å². The number of hydrogen-bond acceptors (Lipinski definition) is 3. The van der Waals surface area contributed by atoms with Crippen molar-refractivity contribution in [1.82, 2.24) is 10.2 Å². The molecule has 0 saturated heterocycles. The highest BCUT2D eigenvalue weighted by molar-refractivity contribution is 5.75. The Bertz CT molecular complexity index is 869. The molecular weight excluding hydrogens is 364 g/mol. The highest BCUT2D eigenvalue weighted by Crippen LogP contribution is 2.33. The van der Waals surface area contributed by atoms with Crippen LogP contribution < -0.4 is 14.8 Å². The molecule has 1 aliphatic heterocycles. The predicted octanol–water partition coefficient (Wildman–Crippen LogP) is 4.83. The summed E-state index contributed by atoms with van der Waals surface area (Å²) in [6.45, 7) is 9.88. The van der Waals surface area contributed by atoms with Crippen molar-refractivity contribution in [1.29, 1.82) is 0 Å². The van der Waals surface area contributed by atoms with Gasteiger partial charge in [-0.2, -0.15) is 0 Å². The van der Waals surface area contributed by atoms with Crippen LogP contribution in [0.1, 0.15) is 56.0 Å². The second-order valence-corrected chi connectivity index (χ2v) is 8.69. The number of benzene rings is 2. The van der Waals surface area contributed by atoms with Crippen LogP contribution in [0.25, 0.3) is 0 Å². The first kappa shape index (κ1) is 21.0. The van der Waals surface area contributed by atoms with Gasteiger partial charge in [-0.1, -0.05) is 45.0 Å². The van der Waals surface area contributed by atoms with E-state index in [0.29, 0.717) is 18.8 Å². The van der Waals surface area contributed by atoms with Crippen molar-refractivity contribution in [2.24, 2.45) is 0 Å². The number of nitrogens with zero attached hydrogens (tertiary/aromatic N) is 1. The van der Waals surface area contributed by atoms with Crippen molar-refractivity contribution in [3.8, 4) is 11.5 Å². The lowest BCUT2D eigenvalue weighted by molar-refractivity contribution is 0.189. The minimum Gasteiger partial charge on any atom is -0.493 e. The van der Waals surface area contributed by atoms with Gasteiger partial charge >= 0.3 is 6.03 Å². The number of ether oxygens (including phenoxy) is 2. The van der Waals surface area contributed by atoms with E-state index in [1.165, 1.54) is 11.1 Å². The van der Waals surface area contributed by atoms with E-state index < -0.39 is 0 Å². The van der Waals surface area contributed by atoms with Crippen LogP contribution in [0.5, 0.6) is 11.5 Å². The first-order valence-electron chi connectivity index (χ1n) is 10.1. The van der Waals surface area contributed by atoms with Gasteiger partial charge < -0.3 is 19.7 Å². The Labute approximate surface area is 174 Å². The molecule has 1 aliphatic rings. The molecule has 0 fully saturated rings. The zero-order chi connectivity index (χ0) is 21.2. The van der Waals surface area contributed by atoms with E-state index in [4.69, 9.17) is 9.47 Å². The zero-order valence-corrected chi connectivity index (χ0v) is 18.3. The lowest BCUT2D eigenvalue weighted by Crippen LogP contribution is -2.43. The fourth-order valence-electron chi connectivity index (χ4n) is 3.69. The highest BCUT2D eigenvalue weighted by atomic mass is 16.5. The van der Waals surface area contributed by atoms with Crippen molar-refractivity contribution >= 4 is 6.03 Å². The Morgan fingerprint density at radius 1 is 1.03 bits per heavy atom. The molecule has 2 aromatic rings. The number of hydrogen-bond donors (Lipinski definition) is 1. The summed E-state index contributed by atoms with van der Waals surface area (Å²) in [7, 11) is 3.27. The number of amides is 2. The molecule has 0 aliphatic carbocycles. The molecule has 0 radical (unpaired) electrons. The van der Waals surface area contributed by atoms with Gasteiger partial charge in [0.15, 0.2) is 11.5 Å². The van der Waals surface area contributed by atoms with Crippen LogP contribution in [-0.4, -0.2) is 31.7 Å². The third-order valence-corrected chi connectivity index (χ3v) is 5.62. The van der Waals surface area contributed by atoms with Gasteiger partial charge in [0.2, 0.25) is 0 Å². The Balaban J connectivity index is 1.67. The molecular formula is C24H32N2O3. The molecule has 156 valence electrons. The standard InChI is InChI=1S/C24H32N2O3/c1-16(17-7-9-20(10-8-17)24(2,3)4)25-23(27)26-12-11-18-13-21(28-5)22(29-6)14-19(18)15-26/h7-10,13-14,16H,11-12,15H2,1-6H3,(H,25,27). The van der Waals surface area contributed by atoms with E-state index in [2.05, 4.69) is 50.4 Å². The van der Waals surface area contributed by atoms with E-state index in [1.807, 2.05) is 24.0 Å². The van der Waals surface area contributed by atoms with Crippen molar-refractivity contribution in [3.63, 3.8) is 0 Å². The highest BCUT2D eigenvalue weighted by Gasteiger charge is 2.24.